The molecule has 1 saturated carbocycles. The molecule has 46 valence electrons. The van der Waals surface area contributed by atoms with Gasteiger partial charge < -0.3 is 4.79 Å². The van der Waals surface area contributed by atoms with E-state index in [-0.39, 0.29) is 0 Å². The van der Waals surface area contributed by atoms with Gasteiger partial charge in [0.05, 0.1) is 0 Å². The molecule has 0 bridgehead atoms. The van der Waals surface area contributed by atoms with Gasteiger partial charge in [-0.25, -0.2) is 0 Å². The molecule has 2 atom stereocenters. The van der Waals surface area contributed by atoms with Gasteiger partial charge in [-0.2, -0.15) is 0 Å². The van der Waals surface area contributed by atoms with E-state index in [0.29, 0.717) is 17.3 Å². The van der Waals surface area contributed by atoms with E-state index < -0.39 is 0 Å². The first-order chi connectivity index (χ1) is 3.60. The van der Waals surface area contributed by atoms with Crippen molar-refractivity contribution < 1.29 is 4.79 Å². The maximum atomic E-state index is 10.2. The minimum absolute atomic E-state index is 0.307. The predicted octanol–water partition coefficient (Wildman–Crippen LogP) is 1.48. The third-order valence-electron chi connectivity index (χ3n) is 2.61. The van der Waals surface area contributed by atoms with E-state index in [1.165, 1.54) is 0 Å². The Hall–Kier alpha value is -0.330. The van der Waals surface area contributed by atoms with Crippen molar-refractivity contribution in [1.29, 1.82) is 0 Å². The Balaban J connectivity index is 2.57. The zero-order valence-corrected chi connectivity index (χ0v) is 5.64. The quantitative estimate of drug-likeness (QED) is 0.469. The van der Waals surface area contributed by atoms with Crippen LogP contribution >= 0.6 is 0 Å². The average molecular weight is 112 g/mol. The molecule has 1 aliphatic carbocycles. The highest BCUT2D eigenvalue weighted by Gasteiger charge is 2.54. The van der Waals surface area contributed by atoms with Gasteiger partial charge in [0.1, 0.15) is 6.29 Å². The Labute approximate surface area is 50.1 Å². The maximum absolute atomic E-state index is 10.2. The van der Waals surface area contributed by atoms with Crippen molar-refractivity contribution in [3.05, 3.63) is 0 Å². The molecule has 0 aromatic rings. The summed E-state index contributed by atoms with van der Waals surface area (Å²) in [4.78, 5) is 10.2. The topological polar surface area (TPSA) is 17.1 Å². The summed E-state index contributed by atoms with van der Waals surface area (Å²) in [6, 6.07) is 0. The number of carbonyl (C=O) groups is 1. The highest BCUT2D eigenvalue weighted by molar-refractivity contribution is 5.60. The molecule has 1 rings (SSSR count). The van der Waals surface area contributed by atoms with Crippen LogP contribution in [0.4, 0.5) is 0 Å². The summed E-state index contributed by atoms with van der Waals surface area (Å²) in [7, 11) is 0. The third-order valence-corrected chi connectivity index (χ3v) is 2.61. The summed E-state index contributed by atoms with van der Waals surface area (Å²) in [6.07, 6.45) is 1.07. The maximum Gasteiger partial charge on any atom is 0.123 e. The number of rotatable bonds is 1. The van der Waals surface area contributed by atoms with Crippen LogP contribution in [0, 0.1) is 17.3 Å². The standard InChI is InChI=1S/C7H12O/c1-5-6(4-8)7(5,2)3/h4-6H,1-3H3/t5-,6-/m0/s1. The molecule has 0 aromatic heterocycles. The summed E-state index contributed by atoms with van der Waals surface area (Å²) >= 11 is 0. The normalized spacial score (nSPS) is 41.4. The molecule has 0 aliphatic heterocycles. The fourth-order valence-corrected chi connectivity index (χ4v) is 1.23. The van der Waals surface area contributed by atoms with Crippen molar-refractivity contribution in [2.75, 3.05) is 0 Å². The van der Waals surface area contributed by atoms with Gasteiger partial charge >= 0.3 is 0 Å². The number of hydrogen-bond acceptors (Lipinski definition) is 1. The molecule has 0 radical (unpaired) electrons. The van der Waals surface area contributed by atoms with E-state index >= 15 is 0 Å². The van der Waals surface area contributed by atoms with Crippen LogP contribution in [-0.4, -0.2) is 6.29 Å². The fourth-order valence-electron chi connectivity index (χ4n) is 1.23. The van der Waals surface area contributed by atoms with Crippen molar-refractivity contribution in [2.45, 2.75) is 20.8 Å². The smallest absolute Gasteiger partial charge is 0.123 e. The van der Waals surface area contributed by atoms with E-state index in [0.717, 1.165) is 6.29 Å². The predicted molar refractivity (Wildman–Crippen MR) is 32.5 cm³/mol. The Kier molecular flexibility index (Phi) is 0.969. The van der Waals surface area contributed by atoms with Crippen molar-refractivity contribution in [2.24, 2.45) is 17.3 Å². The van der Waals surface area contributed by atoms with Crippen LogP contribution in [-0.2, 0) is 4.79 Å². The highest BCUT2D eigenvalue weighted by Crippen LogP contribution is 2.56. The Morgan fingerprint density at radius 3 is 1.88 bits per heavy atom. The number of aldehydes is 1. The van der Waals surface area contributed by atoms with Crippen LogP contribution in [0.3, 0.4) is 0 Å². The van der Waals surface area contributed by atoms with Crippen LogP contribution in [0.5, 0.6) is 0 Å². The lowest BCUT2D eigenvalue weighted by molar-refractivity contribution is -0.109. The lowest BCUT2D eigenvalue weighted by Crippen LogP contribution is -1.89. The van der Waals surface area contributed by atoms with E-state index in [2.05, 4.69) is 20.8 Å². The molecule has 0 saturated heterocycles. The fraction of sp³-hybridized carbons (Fsp3) is 0.857. The first-order valence-corrected chi connectivity index (χ1v) is 3.06. The zero-order valence-electron chi connectivity index (χ0n) is 5.64. The SMILES string of the molecule is C[C@H]1[C@H](C=O)C1(C)C. The number of carbonyl (C=O) groups excluding carboxylic acids is 1. The van der Waals surface area contributed by atoms with E-state index in [4.69, 9.17) is 0 Å². The van der Waals surface area contributed by atoms with Gasteiger partial charge in [0.25, 0.3) is 0 Å². The monoisotopic (exact) mass is 112 g/mol. The molecule has 1 aliphatic rings. The second-order valence-electron chi connectivity index (χ2n) is 3.27. The van der Waals surface area contributed by atoms with Gasteiger partial charge in [-0.15, -0.1) is 0 Å². The van der Waals surface area contributed by atoms with Crippen LogP contribution in [0.2, 0.25) is 0 Å². The van der Waals surface area contributed by atoms with E-state index in [1.54, 1.807) is 0 Å². The van der Waals surface area contributed by atoms with Gasteiger partial charge in [0, 0.05) is 5.92 Å². The van der Waals surface area contributed by atoms with Gasteiger partial charge in [0.15, 0.2) is 0 Å². The molecule has 0 amide bonds. The summed E-state index contributed by atoms with van der Waals surface area (Å²) < 4.78 is 0. The van der Waals surface area contributed by atoms with Crippen molar-refractivity contribution in [1.82, 2.24) is 0 Å². The molecule has 0 heterocycles. The van der Waals surface area contributed by atoms with Gasteiger partial charge in [0.2, 0.25) is 0 Å². The lowest BCUT2D eigenvalue weighted by atomic mass is 10.1. The minimum atomic E-state index is 0.307. The van der Waals surface area contributed by atoms with Gasteiger partial charge in [-0.1, -0.05) is 20.8 Å². The van der Waals surface area contributed by atoms with E-state index in [9.17, 15) is 4.79 Å². The molecule has 8 heavy (non-hydrogen) atoms. The van der Waals surface area contributed by atoms with Crippen LogP contribution in [0.25, 0.3) is 0 Å². The first kappa shape index (κ1) is 5.80. The van der Waals surface area contributed by atoms with Crippen LogP contribution in [0.15, 0.2) is 0 Å². The molecule has 1 nitrogen and oxygen atoms in total. The highest BCUT2D eigenvalue weighted by atomic mass is 16.1. The second-order valence-corrected chi connectivity index (χ2v) is 3.27. The molecule has 0 spiro atoms. The Morgan fingerprint density at radius 2 is 1.88 bits per heavy atom. The molecular formula is C7H12O. The minimum Gasteiger partial charge on any atom is -0.303 e. The Bertz CT molecular complexity index is 116. The molecule has 1 fully saturated rings. The van der Waals surface area contributed by atoms with Gasteiger partial charge in [-0.3, -0.25) is 0 Å². The van der Waals surface area contributed by atoms with Crippen LogP contribution < -0.4 is 0 Å². The summed E-state index contributed by atoms with van der Waals surface area (Å²) in [6.45, 7) is 6.40. The second kappa shape index (κ2) is 1.34. The molecule has 0 unspecified atom stereocenters. The zero-order chi connectivity index (χ0) is 6.36. The Morgan fingerprint density at radius 1 is 1.50 bits per heavy atom. The van der Waals surface area contributed by atoms with Crippen LogP contribution in [0.1, 0.15) is 20.8 Å². The van der Waals surface area contributed by atoms with Gasteiger partial charge in [-0.05, 0) is 11.3 Å². The summed E-state index contributed by atoms with van der Waals surface area (Å²) in [5.41, 5.74) is 0.307. The summed E-state index contributed by atoms with van der Waals surface area (Å²) in [5, 5.41) is 0. The summed E-state index contributed by atoms with van der Waals surface area (Å²) in [5.74, 6) is 0.947. The van der Waals surface area contributed by atoms with Crippen molar-refractivity contribution in [3.8, 4) is 0 Å². The van der Waals surface area contributed by atoms with E-state index in [1.807, 2.05) is 0 Å². The lowest BCUT2D eigenvalue weighted by Gasteiger charge is -1.93. The average Bonchev–Trinajstić information content (AvgIpc) is 2.09. The van der Waals surface area contributed by atoms with Crippen molar-refractivity contribution >= 4 is 6.29 Å². The first-order valence-electron chi connectivity index (χ1n) is 3.06. The molecule has 0 N–H and O–H groups in total. The largest absolute Gasteiger partial charge is 0.303 e. The third kappa shape index (κ3) is 0.504. The number of hydrogen-bond donors (Lipinski definition) is 0. The molecule has 1 heteroatoms. The molecular weight excluding hydrogens is 100 g/mol. The van der Waals surface area contributed by atoms with Crippen molar-refractivity contribution in [3.63, 3.8) is 0 Å². The molecule has 0 aromatic carbocycles.